The number of nitrogens with one attached hydrogen (secondary N) is 1. The number of nitrogens with zero attached hydrogens (tertiary/aromatic N) is 4. The van der Waals surface area contributed by atoms with E-state index in [9.17, 15) is 19.8 Å². The average Bonchev–Trinajstić information content (AvgIpc) is 2.95. The quantitative estimate of drug-likeness (QED) is 0.0675. The van der Waals surface area contributed by atoms with E-state index in [0.29, 0.717) is 45.5 Å². The Labute approximate surface area is 243 Å². The lowest BCUT2D eigenvalue weighted by Crippen LogP contribution is -2.39. The third-order valence-electron chi connectivity index (χ3n) is 6.45. The van der Waals surface area contributed by atoms with E-state index in [4.69, 9.17) is 31.4 Å². The number of cyclic esters (lactones) is 1. The first-order valence-electron chi connectivity index (χ1n) is 13.6. The summed E-state index contributed by atoms with van der Waals surface area (Å²) in [5.74, 6) is -1.92. The number of hydrogen-bond acceptors (Lipinski definition) is 9. The van der Waals surface area contributed by atoms with Crippen molar-refractivity contribution in [1.29, 1.82) is 0 Å². The first kappa shape index (κ1) is 31.8. The molecule has 0 aliphatic carbocycles. The van der Waals surface area contributed by atoms with Crippen LogP contribution in [0.5, 0.6) is 11.5 Å². The summed E-state index contributed by atoms with van der Waals surface area (Å²) < 4.78 is 11.5. The number of amides is 1. The van der Waals surface area contributed by atoms with E-state index in [1.165, 1.54) is 6.08 Å². The number of carbonyl (C=O) groups is 2. The summed E-state index contributed by atoms with van der Waals surface area (Å²) in [5, 5.41) is 24.2. The van der Waals surface area contributed by atoms with Crippen LogP contribution in [0.15, 0.2) is 41.2 Å². The van der Waals surface area contributed by atoms with Crippen LogP contribution in [-0.2, 0) is 19.1 Å². The standard InChI is InChI=1S/C28H36ClN5O7/c1-19-8-5-10-21(39-15-7-12-31-33-30)11-6-9-20(32-40-18-25(37)34-13-3-2-4-14-34)16-22-26(28(38)41-19)23(35)17-24(36)27(22)29/h5-6,9-10,16-17,19,21,32,35-36H,2-4,7-8,11-15,18H2,1H3/b9-6?,10-5?,20-16-/t19-,21?/m1/s1. The number of hydroxylamine groups is 1. The summed E-state index contributed by atoms with van der Waals surface area (Å²) in [6.45, 7) is 3.54. The number of piperidine rings is 1. The van der Waals surface area contributed by atoms with Crippen molar-refractivity contribution >= 4 is 29.6 Å². The summed E-state index contributed by atoms with van der Waals surface area (Å²) >= 11 is 6.38. The normalized spacial score (nSPS) is 21.1. The minimum Gasteiger partial charge on any atom is -0.507 e. The molecule has 0 spiro atoms. The number of esters is 1. The van der Waals surface area contributed by atoms with E-state index in [2.05, 4.69) is 15.5 Å². The maximum atomic E-state index is 13.1. The Kier molecular flexibility index (Phi) is 12.8. The van der Waals surface area contributed by atoms with Gasteiger partial charge in [-0.05, 0) is 56.7 Å². The predicted molar refractivity (Wildman–Crippen MR) is 153 cm³/mol. The molecular formula is C28H36ClN5O7. The second-order valence-electron chi connectivity index (χ2n) is 9.68. The average molecular weight is 590 g/mol. The topological polar surface area (TPSA) is 166 Å². The Morgan fingerprint density at radius 3 is 2.78 bits per heavy atom. The number of phenolic OH excluding ortho intramolecular Hbond substituents is 2. The molecule has 222 valence electrons. The van der Waals surface area contributed by atoms with Gasteiger partial charge >= 0.3 is 5.97 Å². The Morgan fingerprint density at radius 1 is 1.24 bits per heavy atom. The van der Waals surface area contributed by atoms with Gasteiger partial charge in [-0.25, -0.2) is 4.79 Å². The maximum absolute atomic E-state index is 13.1. The van der Waals surface area contributed by atoms with Crippen molar-refractivity contribution in [2.24, 2.45) is 5.11 Å². The molecule has 2 heterocycles. The molecule has 0 saturated carbocycles. The first-order chi connectivity index (χ1) is 19.8. The molecule has 2 aliphatic heterocycles. The van der Waals surface area contributed by atoms with E-state index < -0.39 is 23.6 Å². The van der Waals surface area contributed by atoms with Crippen LogP contribution in [0, 0.1) is 0 Å². The molecule has 1 aromatic rings. The number of rotatable bonds is 9. The van der Waals surface area contributed by atoms with E-state index in [1.807, 2.05) is 12.2 Å². The zero-order valence-corrected chi connectivity index (χ0v) is 23.8. The number of carbonyl (C=O) groups excluding carboxylic acids is 2. The smallest absolute Gasteiger partial charge is 0.342 e. The first-order valence-corrected chi connectivity index (χ1v) is 14.0. The summed E-state index contributed by atoms with van der Waals surface area (Å²) in [6, 6.07) is 0.977. The zero-order chi connectivity index (χ0) is 29.6. The number of benzene rings is 1. The van der Waals surface area contributed by atoms with E-state index in [1.54, 1.807) is 24.0 Å². The molecule has 1 fully saturated rings. The van der Waals surface area contributed by atoms with E-state index >= 15 is 0 Å². The van der Waals surface area contributed by atoms with Gasteiger partial charge in [0.2, 0.25) is 0 Å². The fraction of sp³-hybridized carbons (Fsp3) is 0.500. The lowest BCUT2D eigenvalue weighted by Gasteiger charge is -2.26. The summed E-state index contributed by atoms with van der Waals surface area (Å²) in [5.41, 5.74) is 11.3. The SMILES string of the molecule is C[C@@H]1CC=CC(OCCCN=[N+]=[N-])CC=C/C(NOCC(=O)N2CCCCC2)=C/c2c(Cl)c(O)cc(O)c2C(=O)O1. The molecule has 1 aromatic carbocycles. The number of allylic oxidation sites excluding steroid dienone is 1. The summed E-state index contributed by atoms with van der Waals surface area (Å²) in [7, 11) is 0. The van der Waals surface area contributed by atoms with Gasteiger partial charge in [-0.2, -0.15) is 0 Å². The number of hydrogen-bond donors (Lipinski definition) is 3. The number of fused-ring (bicyclic) bond motifs is 1. The molecule has 3 rings (SSSR count). The molecule has 0 bridgehead atoms. The molecule has 1 amide bonds. The van der Waals surface area contributed by atoms with Crippen LogP contribution in [0.2, 0.25) is 5.02 Å². The van der Waals surface area contributed by atoms with E-state index in [-0.39, 0.29) is 40.5 Å². The van der Waals surface area contributed by atoms with Gasteiger partial charge < -0.3 is 24.6 Å². The fourth-order valence-electron chi connectivity index (χ4n) is 4.34. The number of halogens is 1. The van der Waals surface area contributed by atoms with E-state index in [0.717, 1.165) is 25.3 Å². The highest BCUT2D eigenvalue weighted by atomic mass is 35.5. The number of aromatic hydroxyl groups is 2. The zero-order valence-electron chi connectivity index (χ0n) is 23.0. The summed E-state index contributed by atoms with van der Waals surface area (Å²) in [4.78, 5) is 35.7. The molecule has 1 unspecified atom stereocenters. The third kappa shape index (κ3) is 10.0. The van der Waals surface area contributed by atoms with Crippen molar-refractivity contribution in [3.8, 4) is 11.5 Å². The Morgan fingerprint density at radius 2 is 2.02 bits per heavy atom. The molecule has 12 nitrogen and oxygen atoms in total. The highest BCUT2D eigenvalue weighted by Crippen LogP contribution is 2.38. The molecule has 0 radical (unpaired) electrons. The minimum atomic E-state index is -0.830. The number of phenols is 2. The molecule has 2 aliphatic rings. The lowest BCUT2D eigenvalue weighted by atomic mass is 10.0. The monoisotopic (exact) mass is 589 g/mol. The molecule has 13 heteroatoms. The van der Waals surface area contributed by atoms with Crippen molar-refractivity contribution in [1.82, 2.24) is 10.4 Å². The fourth-order valence-corrected chi connectivity index (χ4v) is 4.54. The van der Waals surface area contributed by atoms with Gasteiger partial charge in [-0.3, -0.25) is 15.1 Å². The van der Waals surface area contributed by atoms with Gasteiger partial charge in [0.25, 0.3) is 5.91 Å². The highest BCUT2D eigenvalue weighted by Gasteiger charge is 2.24. The molecule has 3 N–H and O–H groups in total. The predicted octanol–water partition coefficient (Wildman–Crippen LogP) is 5.16. The van der Waals surface area contributed by atoms with Crippen molar-refractivity contribution in [2.75, 3.05) is 32.8 Å². The van der Waals surface area contributed by atoms with Crippen LogP contribution in [-0.4, -0.2) is 72.0 Å². The minimum absolute atomic E-state index is 0.0120. The Balaban J connectivity index is 1.89. The molecular weight excluding hydrogens is 554 g/mol. The largest absolute Gasteiger partial charge is 0.507 e. The van der Waals surface area contributed by atoms with Crippen LogP contribution in [0.3, 0.4) is 0 Å². The van der Waals surface area contributed by atoms with Gasteiger partial charge in [-0.15, -0.1) is 0 Å². The van der Waals surface area contributed by atoms with Crippen molar-refractivity contribution in [3.05, 3.63) is 62.7 Å². The molecule has 41 heavy (non-hydrogen) atoms. The Bertz CT molecular complexity index is 1210. The second kappa shape index (κ2) is 16.5. The second-order valence-corrected chi connectivity index (χ2v) is 10.1. The molecule has 0 aromatic heterocycles. The van der Waals surface area contributed by atoms with Crippen LogP contribution >= 0.6 is 11.6 Å². The number of azide groups is 1. The van der Waals surface area contributed by atoms with Crippen LogP contribution in [0.25, 0.3) is 16.5 Å². The Hall–Kier alpha value is -3.70. The lowest BCUT2D eigenvalue weighted by molar-refractivity contribution is -0.139. The van der Waals surface area contributed by atoms with Crippen LogP contribution < -0.4 is 5.48 Å². The van der Waals surface area contributed by atoms with Crippen LogP contribution in [0.4, 0.5) is 0 Å². The van der Waals surface area contributed by atoms with Gasteiger partial charge in [0, 0.05) is 49.2 Å². The van der Waals surface area contributed by atoms with Crippen LogP contribution in [0.1, 0.15) is 61.4 Å². The van der Waals surface area contributed by atoms with Crippen molar-refractivity contribution < 1.29 is 34.1 Å². The van der Waals surface area contributed by atoms with Gasteiger partial charge in [0.05, 0.1) is 16.8 Å². The van der Waals surface area contributed by atoms with Crippen molar-refractivity contribution in [3.63, 3.8) is 0 Å². The van der Waals surface area contributed by atoms with Crippen molar-refractivity contribution in [2.45, 2.75) is 57.7 Å². The summed E-state index contributed by atoms with van der Waals surface area (Å²) in [6.07, 6.45) is 12.1. The van der Waals surface area contributed by atoms with Gasteiger partial charge in [-0.1, -0.05) is 34.9 Å². The van der Waals surface area contributed by atoms with Gasteiger partial charge in [0.1, 0.15) is 23.2 Å². The highest BCUT2D eigenvalue weighted by molar-refractivity contribution is 6.34. The number of ether oxygens (including phenoxy) is 2. The molecule has 1 saturated heterocycles. The number of likely N-dealkylation sites (tertiary alicyclic amines) is 1. The maximum Gasteiger partial charge on any atom is 0.342 e. The third-order valence-corrected chi connectivity index (χ3v) is 6.85. The van der Waals surface area contributed by atoms with Gasteiger partial charge in [0.15, 0.2) is 6.61 Å². The molecule has 2 atom stereocenters.